The van der Waals surface area contributed by atoms with E-state index in [0.717, 1.165) is 103 Å². The normalized spacial score (nSPS) is 14.3. The Morgan fingerprint density at radius 2 is 0.541 bits per heavy atom. The number of hydrogen-bond acceptors (Lipinski definition) is 15. The summed E-state index contributed by atoms with van der Waals surface area (Å²) in [7, 11) is -9.89. The number of esters is 4. The molecule has 19 heteroatoms. The summed E-state index contributed by atoms with van der Waals surface area (Å²) in [5.74, 6) is -0.113. The Morgan fingerprint density at radius 3 is 0.800 bits per heavy atom. The van der Waals surface area contributed by atoms with Crippen molar-refractivity contribution in [3.05, 3.63) is 0 Å². The second-order valence-corrected chi connectivity index (χ2v) is 28.2. The Hall–Kier alpha value is -1.94. The van der Waals surface area contributed by atoms with E-state index in [1.165, 1.54) is 122 Å². The fraction of sp³-hybridized carbons (Fsp3) is 0.939. The third kappa shape index (κ3) is 60.7. The van der Waals surface area contributed by atoms with Crippen molar-refractivity contribution in [1.29, 1.82) is 0 Å². The summed E-state index contributed by atoms with van der Waals surface area (Å²) in [4.78, 5) is 72.2. The van der Waals surface area contributed by atoms with Gasteiger partial charge in [0, 0.05) is 25.7 Å². The number of hydrogen-bond donors (Lipinski definition) is 3. The SMILES string of the molecule is CCCCCCCCCCCCCCCCCCCCC(=O)O[C@H](COC(=O)CCCCCCCCC(C)C)COP(=O)(O)OC[C@@H](O)COP(=O)(O)OC[C@@H](COC(=O)CCCCCCCCC(C)C)OC(=O)CCCCCCCCC(C)C. The molecule has 0 amide bonds. The topological polar surface area (TPSA) is 237 Å². The number of carbonyl (C=O) groups is 4. The number of carbonyl (C=O) groups excluding carboxylic acids is 4. The van der Waals surface area contributed by atoms with Crippen LogP contribution in [-0.4, -0.2) is 96.7 Å². The number of aliphatic hydroxyl groups excluding tert-OH is 1. The Labute approximate surface area is 517 Å². The molecule has 0 aromatic heterocycles. The van der Waals surface area contributed by atoms with Crippen LogP contribution in [-0.2, 0) is 65.4 Å². The number of phosphoric acid groups is 2. The molecule has 0 aliphatic rings. The molecule has 0 fully saturated rings. The van der Waals surface area contributed by atoms with Gasteiger partial charge in [0.05, 0.1) is 26.4 Å². The molecule has 17 nitrogen and oxygen atoms in total. The van der Waals surface area contributed by atoms with Crippen LogP contribution in [0, 0.1) is 17.8 Å². The lowest BCUT2D eigenvalue weighted by molar-refractivity contribution is -0.161. The number of aliphatic hydroxyl groups is 1. The maximum Gasteiger partial charge on any atom is 0.472 e. The van der Waals surface area contributed by atoms with Gasteiger partial charge in [-0.15, -0.1) is 0 Å². The molecule has 504 valence electrons. The van der Waals surface area contributed by atoms with Gasteiger partial charge >= 0.3 is 39.5 Å². The lowest BCUT2D eigenvalue weighted by Gasteiger charge is -2.21. The molecular formula is C66H128O17P2. The Morgan fingerprint density at radius 1 is 0.318 bits per heavy atom. The van der Waals surface area contributed by atoms with Crippen molar-refractivity contribution in [3.63, 3.8) is 0 Å². The van der Waals surface area contributed by atoms with Crippen LogP contribution in [0.3, 0.4) is 0 Å². The number of unbranched alkanes of at least 4 members (excludes halogenated alkanes) is 32. The summed E-state index contributed by atoms with van der Waals surface area (Å²) < 4.78 is 68.0. The summed E-state index contributed by atoms with van der Waals surface area (Å²) in [5.41, 5.74) is 0. The molecule has 0 heterocycles. The summed E-state index contributed by atoms with van der Waals surface area (Å²) >= 11 is 0. The number of ether oxygens (including phenoxy) is 4. The van der Waals surface area contributed by atoms with Crippen molar-refractivity contribution in [2.75, 3.05) is 39.6 Å². The van der Waals surface area contributed by atoms with Crippen LogP contribution in [0.1, 0.15) is 325 Å². The van der Waals surface area contributed by atoms with Gasteiger partial charge in [-0.25, -0.2) is 9.13 Å². The maximum atomic E-state index is 13.0. The van der Waals surface area contributed by atoms with Crippen molar-refractivity contribution in [1.82, 2.24) is 0 Å². The first-order chi connectivity index (χ1) is 40.7. The lowest BCUT2D eigenvalue weighted by Crippen LogP contribution is -2.30. The van der Waals surface area contributed by atoms with Gasteiger partial charge in [0.1, 0.15) is 19.3 Å². The van der Waals surface area contributed by atoms with Gasteiger partial charge in [0.2, 0.25) is 0 Å². The van der Waals surface area contributed by atoms with Crippen molar-refractivity contribution in [2.45, 2.75) is 343 Å². The van der Waals surface area contributed by atoms with Crippen LogP contribution >= 0.6 is 15.6 Å². The molecule has 0 aliphatic heterocycles. The summed E-state index contributed by atoms with van der Waals surface area (Å²) in [6, 6.07) is 0. The molecule has 0 aromatic carbocycles. The molecule has 0 saturated carbocycles. The Balaban J connectivity index is 5.17. The average molecular weight is 1260 g/mol. The Bertz CT molecular complexity index is 1680. The maximum absolute atomic E-state index is 13.0. The third-order valence-corrected chi connectivity index (χ3v) is 17.0. The molecule has 5 atom stereocenters. The van der Waals surface area contributed by atoms with E-state index in [2.05, 4.69) is 48.5 Å². The molecule has 3 N–H and O–H groups in total. The predicted octanol–water partition coefficient (Wildman–Crippen LogP) is 18.3. The van der Waals surface area contributed by atoms with Crippen LogP contribution < -0.4 is 0 Å². The zero-order chi connectivity index (χ0) is 63.1. The highest BCUT2D eigenvalue weighted by Gasteiger charge is 2.30. The molecule has 85 heavy (non-hydrogen) atoms. The van der Waals surface area contributed by atoms with Crippen LogP contribution in [0.2, 0.25) is 0 Å². The van der Waals surface area contributed by atoms with E-state index >= 15 is 0 Å². The minimum atomic E-state index is -4.95. The second-order valence-electron chi connectivity index (χ2n) is 25.3. The van der Waals surface area contributed by atoms with Crippen molar-refractivity contribution >= 4 is 39.5 Å². The van der Waals surface area contributed by atoms with Crippen molar-refractivity contribution in [2.24, 2.45) is 17.8 Å². The van der Waals surface area contributed by atoms with E-state index in [4.69, 9.17) is 37.0 Å². The third-order valence-electron chi connectivity index (χ3n) is 15.1. The molecule has 0 aliphatic carbocycles. The monoisotopic (exact) mass is 1250 g/mol. The minimum Gasteiger partial charge on any atom is -0.462 e. The number of phosphoric ester groups is 2. The molecule has 2 unspecified atom stereocenters. The van der Waals surface area contributed by atoms with Gasteiger partial charge in [-0.1, -0.05) is 273 Å². The first kappa shape index (κ1) is 83.1. The highest BCUT2D eigenvalue weighted by molar-refractivity contribution is 7.47. The van der Waals surface area contributed by atoms with Crippen LogP contribution in [0.25, 0.3) is 0 Å². The van der Waals surface area contributed by atoms with Gasteiger partial charge in [0.15, 0.2) is 12.2 Å². The molecule has 0 bridgehead atoms. The van der Waals surface area contributed by atoms with Gasteiger partial charge in [0.25, 0.3) is 0 Å². The van der Waals surface area contributed by atoms with Crippen LogP contribution in [0.5, 0.6) is 0 Å². The smallest absolute Gasteiger partial charge is 0.462 e. The fourth-order valence-corrected chi connectivity index (χ4v) is 11.4. The quantitative estimate of drug-likeness (QED) is 0.0222. The summed E-state index contributed by atoms with van der Waals surface area (Å²) in [6.07, 6.45) is 39.5. The molecular weight excluding hydrogens is 1130 g/mol. The average Bonchev–Trinajstić information content (AvgIpc) is 3.56. The van der Waals surface area contributed by atoms with Gasteiger partial charge < -0.3 is 33.8 Å². The van der Waals surface area contributed by atoms with Crippen LogP contribution in [0.15, 0.2) is 0 Å². The molecule has 0 radical (unpaired) electrons. The first-order valence-corrected chi connectivity index (χ1v) is 37.3. The fourth-order valence-electron chi connectivity index (χ4n) is 9.83. The van der Waals surface area contributed by atoms with E-state index in [1.807, 2.05) is 0 Å². The zero-order valence-electron chi connectivity index (χ0n) is 55.1. The molecule has 0 spiro atoms. The first-order valence-electron chi connectivity index (χ1n) is 34.3. The largest absolute Gasteiger partial charge is 0.472 e. The number of rotatable bonds is 64. The minimum absolute atomic E-state index is 0.101. The van der Waals surface area contributed by atoms with E-state index in [0.29, 0.717) is 43.4 Å². The standard InChI is InChI=1S/C66H128O17P2/c1-8-9-10-11-12-13-14-15-16-17-18-19-20-21-22-23-35-42-49-65(70)82-61(53-76-63(68)47-40-33-27-24-30-37-44-57(2)3)55-80-84(72,73)78-51-60(67)52-79-85(74,75)81-56-62(83-66(71)50-43-36-29-26-32-39-46-59(6)7)54-77-64(69)48-41-34-28-25-31-38-45-58(4)5/h57-62,67H,8-56H2,1-7H3,(H,72,73)(H,74,75)/t60-,61-,62-/m1/s1. The van der Waals surface area contributed by atoms with Gasteiger partial charge in [-0.05, 0) is 43.4 Å². The highest BCUT2D eigenvalue weighted by atomic mass is 31.2. The molecule has 0 aromatic rings. The lowest BCUT2D eigenvalue weighted by atomic mass is 10.0. The second kappa shape index (κ2) is 57.2. The molecule has 0 saturated heterocycles. The predicted molar refractivity (Wildman–Crippen MR) is 340 cm³/mol. The van der Waals surface area contributed by atoms with Crippen LogP contribution in [0.4, 0.5) is 0 Å². The van der Waals surface area contributed by atoms with E-state index in [1.54, 1.807) is 0 Å². The highest BCUT2D eigenvalue weighted by Crippen LogP contribution is 2.45. The van der Waals surface area contributed by atoms with Gasteiger partial charge in [-0.2, -0.15) is 0 Å². The van der Waals surface area contributed by atoms with E-state index < -0.39 is 97.5 Å². The summed E-state index contributed by atoms with van der Waals surface area (Å²) in [6.45, 7) is 11.6. The van der Waals surface area contributed by atoms with Crippen molar-refractivity contribution < 1.29 is 80.2 Å². The van der Waals surface area contributed by atoms with Crippen molar-refractivity contribution in [3.8, 4) is 0 Å². The Kier molecular flexibility index (Phi) is 55.9. The van der Waals surface area contributed by atoms with E-state index in [-0.39, 0.29) is 25.7 Å². The van der Waals surface area contributed by atoms with E-state index in [9.17, 15) is 43.2 Å². The molecule has 0 rings (SSSR count). The van der Waals surface area contributed by atoms with Gasteiger partial charge in [-0.3, -0.25) is 37.3 Å². The zero-order valence-corrected chi connectivity index (χ0v) is 56.9. The summed E-state index contributed by atoms with van der Waals surface area (Å²) in [5, 5.41) is 10.5.